The molecule has 2 aromatic rings. The molecule has 21 heavy (non-hydrogen) atoms. The van der Waals surface area contributed by atoms with Gasteiger partial charge >= 0.3 is 0 Å². The first-order valence-corrected chi connectivity index (χ1v) is 6.81. The molecular formula is C15H16N4O2. The summed E-state index contributed by atoms with van der Waals surface area (Å²) in [5.74, 6) is 0.712. The fourth-order valence-electron chi connectivity index (χ4n) is 2.32. The summed E-state index contributed by atoms with van der Waals surface area (Å²) < 4.78 is 11.3. The van der Waals surface area contributed by atoms with Crippen LogP contribution in [0.4, 0.5) is 0 Å². The molecule has 6 nitrogen and oxygen atoms in total. The van der Waals surface area contributed by atoms with Gasteiger partial charge < -0.3 is 14.8 Å². The Bertz CT molecular complexity index is 621. The first-order valence-electron chi connectivity index (χ1n) is 6.81. The van der Waals surface area contributed by atoms with Crippen LogP contribution in [0.15, 0.2) is 36.7 Å². The third-order valence-corrected chi connectivity index (χ3v) is 3.41. The van der Waals surface area contributed by atoms with Crippen LogP contribution in [-0.2, 0) is 11.3 Å². The summed E-state index contributed by atoms with van der Waals surface area (Å²) in [7, 11) is 0. The standard InChI is InChI=1S/C15H16N4O2/c16-5-11-2-1-3-12(4-11)6-17-14-9-20-10-15(14)21-13-7-18-19-8-13/h1-4,7-8,14-15,17H,6,9-10H2,(H,18,19)/t14-,15+/m0/s1. The van der Waals surface area contributed by atoms with E-state index in [1.54, 1.807) is 18.5 Å². The number of H-pyrrole nitrogens is 1. The lowest BCUT2D eigenvalue weighted by Crippen LogP contribution is -2.41. The van der Waals surface area contributed by atoms with Gasteiger partial charge in [-0.25, -0.2) is 0 Å². The van der Waals surface area contributed by atoms with Gasteiger partial charge in [-0.1, -0.05) is 12.1 Å². The Balaban J connectivity index is 1.57. The summed E-state index contributed by atoms with van der Waals surface area (Å²) in [5.41, 5.74) is 1.74. The van der Waals surface area contributed by atoms with Crippen molar-refractivity contribution < 1.29 is 9.47 Å². The maximum absolute atomic E-state index is 8.91. The van der Waals surface area contributed by atoms with Crippen LogP contribution in [0.2, 0.25) is 0 Å². The fraction of sp³-hybridized carbons (Fsp3) is 0.333. The fourth-order valence-corrected chi connectivity index (χ4v) is 2.32. The van der Waals surface area contributed by atoms with Crippen molar-refractivity contribution in [1.29, 1.82) is 5.26 Å². The first-order chi connectivity index (χ1) is 10.3. The molecule has 6 heteroatoms. The second-order valence-corrected chi connectivity index (χ2v) is 4.93. The van der Waals surface area contributed by atoms with Crippen LogP contribution in [0.3, 0.4) is 0 Å². The second-order valence-electron chi connectivity index (χ2n) is 4.93. The maximum Gasteiger partial charge on any atom is 0.157 e. The van der Waals surface area contributed by atoms with E-state index in [0.717, 1.165) is 5.56 Å². The predicted molar refractivity (Wildman–Crippen MR) is 75.6 cm³/mol. The van der Waals surface area contributed by atoms with Crippen LogP contribution in [-0.4, -0.2) is 35.6 Å². The number of aromatic amines is 1. The summed E-state index contributed by atoms with van der Waals surface area (Å²) >= 11 is 0. The molecule has 0 radical (unpaired) electrons. The van der Waals surface area contributed by atoms with Crippen LogP contribution in [0.1, 0.15) is 11.1 Å². The summed E-state index contributed by atoms with van der Waals surface area (Å²) in [4.78, 5) is 0. The number of nitrogens with zero attached hydrogens (tertiary/aromatic N) is 2. The molecule has 3 rings (SSSR count). The highest BCUT2D eigenvalue weighted by Crippen LogP contribution is 2.16. The van der Waals surface area contributed by atoms with E-state index in [9.17, 15) is 0 Å². The van der Waals surface area contributed by atoms with Crippen LogP contribution in [0, 0.1) is 11.3 Å². The van der Waals surface area contributed by atoms with Crippen LogP contribution >= 0.6 is 0 Å². The van der Waals surface area contributed by atoms with Crippen molar-refractivity contribution in [2.24, 2.45) is 0 Å². The number of ether oxygens (including phenoxy) is 2. The lowest BCUT2D eigenvalue weighted by atomic mass is 10.1. The van der Waals surface area contributed by atoms with Gasteiger partial charge in [0.1, 0.15) is 6.10 Å². The van der Waals surface area contributed by atoms with Crippen molar-refractivity contribution >= 4 is 0 Å². The van der Waals surface area contributed by atoms with Crippen molar-refractivity contribution in [1.82, 2.24) is 15.5 Å². The van der Waals surface area contributed by atoms with Gasteiger partial charge in [-0.15, -0.1) is 0 Å². The molecular weight excluding hydrogens is 268 g/mol. The number of rotatable bonds is 5. The molecule has 0 bridgehead atoms. The molecule has 108 valence electrons. The summed E-state index contributed by atoms with van der Waals surface area (Å²) in [6.45, 7) is 1.84. The minimum atomic E-state index is -0.0400. The Morgan fingerprint density at radius 1 is 1.48 bits per heavy atom. The number of nitriles is 1. The van der Waals surface area contributed by atoms with E-state index in [-0.39, 0.29) is 12.1 Å². The zero-order valence-electron chi connectivity index (χ0n) is 11.5. The van der Waals surface area contributed by atoms with E-state index in [2.05, 4.69) is 21.6 Å². The molecule has 1 fully saturated rings. The van der Waals surface area contributed by atoms with Crippen molar-refractivity contribution in [3.05, 3.63) is 47.8 Å². The third kappa shape index (κ3) is 3.40. The number of aromatic nitrogens is 2. The molecule has 2 heterocycles. The third-order valence-electron chi connectivity index (χ3n) is 3.41. The highest BCUT2D eigenvalue weighted by atomic mass is 16.5. The highest BCUT2D eigenvalue weighted by molar-refractivity contribution is 5.32. The quantitative estimate of drug-likeness (QED) is 0.862. The Kier molecular flexibility index (Phi) is 4.15. The Morgan fingerprint density at radius 2 is 2.43 bits per heavy atom. The number of hydrogen-bond donors (Lipinski definition) is 2. The van der Waals surface area contributed by atoms with Crippen molar-refractivity contribution in [3.63, 3.8) is 0 Å². The van der Waals surface area contributed by atoms with E-state index >= 15 is 0 Å². The normalized spacial score (nSPS) is 21.1. The smallest absolute Gasteiger partial charge is 0.157 e. The molecule has 0 spiro atoms. The summed E-state index contributed by atoms with van der Waals surface area (Å²) in [6, 6.07) is 9.83. The molecule has 1 aliphatic rings. The van der Waals surface area contributed by atoms with Gasteiger partial charge in [0.2, 0.25) is 0 Å². The van der Waals surface area contributed by atoms with Gasteiger partial charge in [0, 0.05) is 6.54 Å². The topological polar surface area (TPSA) is 83.0 Å². The molecule has 2 atom stereocenters. The van der Waals surface area contributed by atoms with E-state index < -0.39 is 0 Å². The average Bonchev–Trinajstić information content (AvgIpc) is 3.18. The van der Waals surface area contributed by atoms with Crippen molar-refractivity contribution in [2.45, 2.75) is 18.7 Å². The Morgan fingerprint density at radius 3 is 3.24 bits per heavy atom. The Hall–Kier alpha value is -2.36. The minimum absolute atomic E-state index is 0.0400. The first kappa shape index (κ1) is 13.6. The van der Waals surface area contributed by atoms with E-state index in [4.69, 9.17) is 14.7 Å². The van der Waals surface area contributed by atoms with E-state index in [1.165, 1.54) is 0 Å². The number of nitrogens with one attached hydrogen (secondary N) is 2. The summed E-state index contributed by atoms with van der Waals surface area (Å²) in [6.07, 6.45) is 3.32. The maximum atomic E-state index is 8.91. The second kappa shape index (κ2) is 6.39. The van der Waals surface area contributed by atoms with Gasteiger partial charge in [-0.2, -0.15) is 10.4 Å². The molecule has 0 unspecified atom stereocenters. The molecule has 0 saturated carbocycles. The van der Waals surface area contributed by atoms with Crippen molar-refractivity contribution in [2.75, 3.05) is 13.2 Å². The van der Waals surface area contributed by atoms with Gasteiger partial charge in [0.05, 0.1) is 43.3 Å². The minimum Gasteiger partial charge on any atom is -0.483 e. The molecule has 1 aliphatic heterocycles. The van der Waals surface area contributed by atoms with Gasteiger partial charge in [-0.05, 0) is 17.7 Å². The monoisotopic (exact) mass is 284 g/mol. The lowest BCUT2D eigenvalue weighted by molar-refractivity contribution is 0.139. The van der Waals surface area contributed by atoms with Crippen molar-refractivity contribution in [3.8, 4) is 11.8 Å². The molecule has 1 saturated heterocycles. The Labute approximate surface area is 122 Å². The summed E-state index contributed by atoms with van der Waals surface area (Å²) in [5, 5.41) is 18.9. The largest absolute Gasteiger partial charge is 0.483 e. The van der Waals surface area contributed by atoms with Crippen LogP contribution < -0.4 is 10.1 Å². The molecule has 1 aromatic heterocycles. The van der Waals surface area contributed by atoms with E-state index in [1.807, 2.05) is 18.2 Å². The SMILES string of the molecule is N#Cc1cccc(CN[C@H]2COC[C@H]2Oc2cn[nH]c2)c1. The van der Waals surface area contributed by atoms with E-state index in [0.29, 0.717) is 31.1 Å². The number of hydrogen-bond acceptors (Lipinski definition) is 5. The van der Waals surface area contributed by atoms with Gasteiger partial charge in [-0.3, -0.25) is 5.10 Å². The van der Waals surface area contributed by atoms with Crippen LogP contribution in [0.25, 0.3) is 0 Å². The molecule has 2 N–H and O–H groups in total. The molecule has 1 aromatic carbocycles. The van der Waals surface area contributed by atoms with Gasteiger partial charge in [0.25, 0.3) is 0 Å². The predicted octanol–water partition coefficient (Wildman–Crippen LogP) is 1.22. The zero-order valence-corrected chi connectivity index (χ0v) is 11.5. The highest BCUT2D eigenvalue weighted by Gasteiger charge is 2.29. The zero-order chi connectivity index (χ0) is 14.5. The van der Waals surface area contributed by atoms with Gasteiger partial charge in [0.15, 0.2) is 5.75 Å². The average molecular weight is 284 g/mol. The lowest BCUT2D eigenvalue weighted by Gasteiger charge is -2.19. The van der Waals surface area contributed by atoms with Crippen LogP contribution in [0.5, 0.6) is 5.75 Å². The molecule has 0 amide bonds. The molecule has 0 aliphatic carbocycles. The number of benzene rings is 1.